The van der Waals surface area contributed by atoms with Crippen LogP contribution >= 0.6 is 0 Å². The Morgan fingerprint density at radius 3 is 1.27 bits per heavy atom. The van der Waals surface area contributed by atoms with Crippen molar-refractivity contribution in [2.45, 2.75) is 34.1 Å². The fourth-order valence-electron chi connectivity index (χ4n) is 1.88. The van der Waals surface area contributed by atoms with Crippen LogP contribution in [0, 0.1) is 23.7 Å². The highest BCUT2D eigenvalue weighted by molar-refractivity contribution is 4.71. The molecule has 2 atom stereocenters. The van der Waals surface area contributed by atoms with Gasteiger partial charge in [0, 0.05) is 27.4 Å². The average Bonchev–Trinajstić information content (AvgIpc) is 2.15. The van der Waals surface area contributed by atoms with Gasteiger partial charge in [0.2, 0.25) is 0 Å². The number of rotatable bonds is 8. The van der Waals surface area contributed by atoms with Gasteiger partial charge in [-0.2, -0.15) is 0 Å². The summed E-state index contributed by atoms with van der Waals surface area (Å²) < 4.78 is 10.6. The molecule has 0 aliphatic heterocycles. The molecule has 0 saturated carbocycles. The second-order valence-electron chi connectivity index (χ2n) is 5.15. The van der Waals surface area contributed by atoms with Gasteiger partial charge in [0.25, 0.3) is 0 Å². The van der Waals surface area contributed by atoms with Gasteiger partial charge < -0.3 is 9.47 Å². The van der Waals surface area contributed by atoms with Gasteiger partial charge in [0.1, 0.15) is 0 Å². The summed E-state index contributed by atoms with van der Waals surface area (Å²) >= 11 is 0. The summed E-state index contributed by atoms with van der Waals surface area (Å²) in [7, 11) is 3.58. The van der Waals surface area contributed by atoms with Crippen molar-refractivity contribution >= 4 is 0 Å². The van der Waals surface area contributed by atoms with E-state index in [-0.39, 0.29) is 0 Å². The van der Waals surface area contributed by atoms with Crippen LogP contribution in [-0.4, -0.2) is 27.4 Å². The monoisotopic (exact) mass is 216 g/mol. The van der Waals surface area contributed by atoms with E-state index in [2.05, 4.69) is 27.7 Å². The highest BCUT2D eigenvalue weighted by Crippen LogP contribution is 2.25. The minimum Gasteiger partial charge on any atom is -0.384 e. The number of methoxy groups -OCH3 is 2. The average molecular weight is 216 g/mol. The van der Waals surface area contributed by atoms with Gasteiger partial charge in [0.05, 0.1) is 0 Å². The summed E-state index contributed by atoms with van der Waals surface area (Å²) in [6, 6.07) is 0. The van der Waals surface area contributed by atoms with Crippen molar-refractivity contribution in [3.05, 3.63) is 0 Å². The molecule has 2 unspecified atom stereocenters. The topological polar surface area (TPSA) is 18.5 Å². The molecule has 0 rings (SSSR count). The summed E-state index contributed by atoms with van der Waals surface area (Å²) in [4.78, 5) is 0. The van der Waals surface area contributed by atoms with Crippen LogP contribution in [0.25, 0.3) is 0 Å². The van der Waals surface area contributed by atoms with E-state index in [0.717, 1.165) is 13.2 Å². The molecule has 0 amide bonds. The van der Waals surface area contributed by atoms with Crippen molar-refractivity contribution in [1.82, 2.24) is 0 Å². The second-order valence-corrected chi connectivity index (χ2v) is 5.15. The summed E-state index contributed by atoms with van der Waals surface area (Å²) in [5.74, 6) is 2.67. The SMILES string of the molecule is COCC(CC(COC)C(C)C)C(C)C. The molecule has 0 aliphatic carbocycles. The first-order chi connectivity index (χ1) is 7.02. The van der Waals surface area contributed by atoms with Crippen LogP contribution in [0.1, 0.15) is 34.1 Å². The van der Waals surface area contributed by atoms with Crippen molar-refractivity contribution in [2.75, 3.05) is 27.4 Å². The maximum absolute atomic E-state index is 5.28. The maximum atomic E-state index is 5.28. The van der Waals surface area contributed by atoms with Crippen molar-refractivity contribution < 1.29 is 9.47 Å². The van der Waals surface area contributed by atoms with Crippen LogP contribution in [0.15, 0.2) is 0 Å². The van der Waals surface area contributed by atoms with Crippen molar-refractivity contribution in [3.8, 4) is 0 Å². The van der Waals surface area contributed by atoms with Gasteiger partial charge in [-0.3, -0.25) is 0 Å². The molecule has 0 aromatic carbocycles. The Bertz CT molecular complexity index is 127. The third kappa shape index (κ3) is 6.16. The van der Waals surface area contributed by atoms with E-state index in [1.807, 2.05) is 0 Å². The number of ether oxygens (including phenoxy) is 2. The van der Waals surface area contributed by atoms with E-state index in [1.54, 1.807) is 14.2 Å². The molecule has 15 heavy (non-hydrogen) atoms. The lowest BCUT2D eigenvalue weighted by molar-refractivity contribution is 0.0718. The normalized spacial score (nSPS) is 16.0. The van der Waals surface area contributed by atoms with Crippen molar-refractivity contribution in [1.29, 1.82) is 0 Å². The first-order valence-corrected chi connectivity index (χ1v) is 6.00. The highest BCUT2D eigenvalue weighted by atomic mass is 16.5. The van der Waals surface area contributed by atoms with Gasteiger partial charge in [0.15, 0.2) is 0 Å². The van der Waals surface area contributed by atoms with Crippen LogP contribution < -0.4 is 0 Å². The van der Waals surface area contributed by atoms with Gasteiger partial charge >= 0.3 is 0 Å². The second kappa shape index (κ2) is 8.12. The quantitative estimate of drug-likeness (QED) is 0.620. The Labute approximate surface area is 95.3 Å². The molecule has 0 radical (unpaired) electrons. The number of hydrogen-bond acceptors (Lipinski definition) is 2. The lowest BCUT2D eigenvalue weighted by Gasteiger charge is -2.27. The Hall–Kier alpha value is -0.0800. The molecular formula is C13H28O2. The first-order valence-electron chi connectivity index (χ1n) is 6.00. The molecule has 2 heteroatoms. The van der Waals surface area contributed by atoms with Crippen LogP contribution in [-0.2, 0) is 9.47 Å². The van der Waals surface area contributed by atoms with Crippen molar-refractivity contribution in [2.24, 2.45) is 23.7 Å². The molecule has 0 heterocycles. The fourth-order valence-corrected chi connectivity index (χ4v) is 1.88. The Balaban J connectivity index is 4.19. The van der Waals surface area contributed by atoms with E-state index in [1.165, 1.54) is 6.42 Å². The molecular weight excluding hydrogens is 188 g/mol. The first kappa shape index (κ1) is 14.9. The molecule has 0 aliphatic rings. The van der Waals surface area contributed by atoms with Gasteiger partial charge in [-0.25, -0.2) is 0 Å². The fraction of sp³-hybridized carbons (Fsp3) is 1.00. The molecule has 0 spiro atoms. The van der Waals surface area contributed by atoms with E-state index in [4.69, 9.17) is 9.47 Å². The van der Waals surface area contributed by atoms with Crippen molar-refractivity contribution in [3.63, 3.8) is 0 Å². The van der Waals surface area contributed by atoms with E-state index < -0.39 is 0 Å². The molecule has 2 nitrogen and oxygen atoms in total. The minimum atomic E-state index is 0.651. The molecule has 0 aromatic rings. The summed E-state index contributed by atoms with van der Waals surface area (Å²) in [6.45, 7) is 10.8. The zero-order chi connectivity index (χ0) is 11.8. The van der Waals surface area contributed by atoms with Crippen LogP contribution in [0.2, 0.25) is 0 Å². The molecule has 0 aromatic heterocycles. The molecule has 92 valence electrons. The predicted molar refractivity (Wildman–Crippen MR) is 65.0 cm³/mol. The Morgan fingerprint density at radius 2 is 1.07 bits per heavy atom. The van der Waals surface area contributed by atoms with Crippen LogP contribution in [0.3, 0.4) is 0 Å². The summed E-state index contributed by atoms with van der Waals surface area (Å²) in [5.41, 5.74) is 0. The van der Waals surface area contributed by atoms with E-state index in [0.29, 0.717) is 23.7 Å². The Kier molecular flexibility index (Phi) is 8.07. The maximum Gasteiger partial charge on any atom is 0.0493 e. The summed E-state index contributed by atoms with van der Waals surface area (Å²) in [5, 5.41) is 0. The minimum absolute atomic E-state index is 0.651. The summed E-state index contributed by atoms with van der Waals surface area (Å²) in [6.07, 6.45) is 1.21. The van der Waals surface area contributed by atoms with E-state index >= 15 is 0 Å². The predicted octanol–water partition coefficient (Wildman–Crippen LogP) is 3.21. The molecule has 0 bridgehead atoms. The zero-order valence-corrected chi connectivity index (χ0v) is 11.2. The lowest BCUT2D eigenvalue weighted by Crippen LogP contribution is -2.24. The van der Waals surface area contributed by atoms with Gasteiger partial charge in [-0.1, -0.05) is 27.7 Å². The zero-order valence-electron chi connectivity index (χ0n) is 11.2. The van der Waals surface area contributed by atoms with E-state index in [9.17, 15) is 0 Å². The smallest absolute Gasteiger partial charge is 0.0493 e. The van der Waals surface area contributed by atoms with Gasteiger partial charge in [-0.05, 0) is 30.1 Å². The largest absolute Gasteiger partial charge is 0.384 e. The van der Waals surface area contributed by atoms with Gasteiger partial charge in [-0.15, -0.1) is 0 Å². The molecule has 0 fully saturated rings. The highest BCUT2D eigenvalue weighted by Gasteiger charge is 2.21. The number of hydrogen-bond donors (Lipinski definition) is 0. The molecule has 0 N–H and O–H groups in total. The van der Waals surface area contributed by atoms with Crippen LogP contribution in [0.5, 0.6) is 0 Å². The third-order valence-electron chi connectivity index (χ3n) is 3.25. The third-order valence-corrected chi connectivity index (χ3v) is 3.25. The van der Waals surface area contributed by atoms with Crippen LogP contribution in [0.4, 0.5) is 0 Å². The molecule has 0 saturated heterocycles. The standard InChI is InChI=1S/C13H28O2/c1-10(2)12(8-14-5)7-13(9-15-6)11(3)4/h10-13H,7-9H2,1-6H3. The lowest BCUT2D eigenvalue weighted by atomic mass is 9.82. The Morgan fingerprint density at radius 1 is 0.733 bits per heavy atom.